The van der Waals surface area contributed by atoms with Crippen LogP contribution in [-0.2, 0) is 4.79 Å². The largest absolute Gasteiger partial charge is 0.309 e. The van der Waals surface area contributed by atoms with Gasteiger partial charge in [0.05, 0.1) is 15.9 Å². The van der Waals surface area contributed by atoms with E-state index in [1.807, 2.05) is 36.4 Å². The normalized spacial score (nSPS) is 10.6. The maximum Gasteiger partial charge on any atom is 0.236 e. The molecule has 122 valence electrons. The first kappa shape index (κ1) is 17.1. The fourth-order valence-corrected chi connectivity index (χ4v) is 3.58. The topological polar surface area (TPSA) is 85.6 Å². The molecule has 0 bridgehead atoms. The van der Waals surface area contributed by atoms with Gasteiger partial charge in [0.15, 0.2) is 0 Å². The SMILES string of the molecule is O=C(CSc1nnnn1-c1ccccc1)Nc1ncc(Br)cc1Br. The summed E-state index contributed by atoms with van der Waals surface area (Å²) in [5.74, 6) is 0.432. The van der Waals surface area contributed by atoms with E-state index in [1.54, 1.807) is 10.9 Å². The van der Waals surface area contributed by atoms with E-state index in [2.05, 4.69) is 57.7 Å². The molecule has 7 nitrogen and oxygen atoms in total. The Kier molecular flexibility index (Phi) is 5.59. The highest BCUT2D eigenvalue weighted by Crippen LogP contribution is 2.24. The van der Waals surface area contributed by atoms with Gasteiger partial charge in [-0.15, -0.1) is 5.10 Å². The molecule has 0 radical (unpaired) electrons. The van der Waals surface area contributed by atoms with Gasteiger partial charge in [0.25, 0.3) is 0 Å². The molecule has 24 heavy (non-hydrogen) atoms. The number of anilines is 1. The molecular formula is C14H10Br2N6OS. The number of amides is 1. The number of benzene rings is 1. The lowest BCUT2D eigenvalue weighted by atomic mass is 10.3. The number of nitrogens with zero attached hydrogens (tertiary/aromatic N) is 5. The molecule has 2 heterocycles. The number of halogens is 2. The van der Waals surface area contributed by atoms with Crippen molar-refractivity contribution in [2.24, 2.45) is 0 Å². The molecule has 1 aromatic carbocycles. The molecule has 0 spiro atoms. The van der Waals surface area contributed by atoms with Crippen molar-refractivity contribution in [3.05, 3.63) is 51.5 Å². The number of hydrogen-bond donors (Lipinski definition) is 1. The fraction of sp³-hybridized carbons (Fsp3) is 0.0714. The van der Waals surface area contributed by atoms with Crippen LogP contribution in [0.25, 0.3) is 5.69 Å². The predicted molar refractivity (Wildman–Crippen MR) is 98.1 cm³/mol. The Bertz CT molecular complexity index is 857. The summed E-state index contributed by atoms with van der Waals surface area (Å²) in [6, 6.07) is 11.3. The van der Waals surface area contributed by atoms with Crippen LogP contribution in [0, 0.1) is 0 Å². The Morgan fingerprint density at radius 3 is 2.79 bits per heavy atom. The van der Waals surface area contributed by atoms with Gasteiger partial charge in [0.1, 0.15) is 5.82 Å². The zero-order valence-corrected chi connectivity index (χ0v) is 16.0. The van der Waals surface area contributed by atoms with Crippen LogP contribution in [0.15, 0.2) is 56.7 Å². The van der Waals surface area contributed by atoms with Gasteiger partial charge in [-0.05, 0) is 60.5 Å². The van der Waals surface area contributed by atoms with Crippen molar-refractivity contribution in [2.45, 2.75) is 5.16 Å². The minimum Gasteiger partial charge on any atom is -0.309 e. The van der Waals surface area contributed by atoms with Crippen molar-refractivity contribution in [3.63, 3.8) is 0 Å². The third-order valence-electron chi connectivity index (χ3n) is 2.84. The minimum absolute atomic E-state index is 0.164. The lowest BCUT2D eigenvalue weighted by Gasteiger charge is -2.07. The summed E-state index contributed by atoms with van der Waals surface area (Å²) in [5, 5.41) is 14.9. The van der Waals surface area contributed by atoms with Crippen LogP contribution in [0.1, 0.15) is 0 Å². The van der Waals surface area contributed by atoms with Gasteiger partial charge in [-0.2, -0.15) is 4.68 Å². The van der Waals surface area contributed by atoms with Crippen LogP contribution in [0.5, 0.6) is 0 Å². The van der Waals surface area contributed by atoms with Gasteiger partial charge in [-0.1, -0.05) is 30.0 Å². The van der Waals surface area contributed by atoms with Gasteiger partial charge < -0.3 is 5.32 Å². The van der Waals surface area contributed by atoms with E-state index in [4.69, 9.17) is 0 Å². The molecule has 1 amide bonds. The first-order valence-corrected chi connectivity index (χ1v) is 9.28. The van der Waals surface area contributed by atoms with Crippen molar-refractivity contribution >= 4 is 55.3 Å². The quantitative estimate of drug-likeness (QED) is 0.577. The number of aromatic nitrogens is 5. The number of thioether (sulfide) groups is 1. The third kappa shape index (κ3) is 4.19. The number of nitrogens with one attached hydrogen (secondary N) is 1. The van der Waals surface area contributed by atoms with Crippen molar-refractivity contribution < 1.29 is 4.79 Å². The number of hydrogen-bond acceptors (Lipinski definition) is 6. The van der Waals surface area contributed by atoms with E-state index in [0.717, 1.165) is 10.2 Å². The molecule has 0 saturated carbocycles. The van der Waals surface area contributed by atoms with Crippen LogP contribution in [0.3, 0.4) is 0 Å². The van der Waals surface area contributed by atoms with Crippen LogP contribution in [0.4, 0.5) is 5.82 Å². The summed E-state index contributed by atoms with van der Waals surface area (Å²) >= 11 is 7.92. The number of carbonyl (C=O) groups excluding carboxylic acids is 1. The highest BCUT2D eigenvalue weighted by Gasteiger charge is 2.13. The maximum atomic E-state index is 12.1. The Morgan fingerprint density at radius 1 is 1.25 bits per heavy atom. The van der Waals surface area contributed by atoms with Crippen LogP contribution in [-0.4, -0.2) is 36.9 Å². The zero-order chi connectivity index (χ0) is 16.9. The van der Waals surface area contributed by atoms with Crippen LogP contribution >= 0.6 is 43.6 Å². The van der Waals surface area contributed by atoms with E-state index in [9.17, 15) is 4.79 Å². The van der Waals surface area contributed by atoms with E-state index in [1.165, 1.54) is 11.8 Å². The summed E-state index contributed by atoms with van der Waals surface area (Å²) in [6.07, 6.45) is 1.61. The Morgan fingerprint density at radius 2 is 2.04 bits per heavy atom. The Hall–Kier alpha value is -1.78. The van der Waals surface area contributed by atoms with E-state index in [-0.39, 0.29) is 11.7 Å². The monoisotopic (exact) mass is 468 g/mol. The van der Waals surface area contributed by atoms with Crippen molar-refractivity contribution in [2.75, 3.05) is 11.1 Å². The smallest absolute Gasteiger partial charge is 0.236 e. The standard InChI is InChI=1S/C14H10Br2N6OS/c15-9-6-11(16)13(17-7-9)18-12(23)8-24-14-19-20-21-22(14)10-4-2-1-3-5-10/h1-7H,8H2,(H,17,18,23). The molecule has 0 aliphatic heterocycles. The highest BCUT2D eigenvalue weighted by molar-refractivity contribution is 9.11. The van der Waals surface area contributed by atoms with Gasteiger partial charge >= 0.3 is 0 Å². The Labute approximate surface area is 158 Å². The number of para-hydroxylation sites is 1. The molecule has 3 aromatic rings. The zero-order valence-electron chi connectivity index (χ0n) is 12.1. The molecular weight excluding hydrogens is 460 g/mol. The number of rotatable bonds is 5. The third-order valence-corrected chi connectivity index (χ3v) is 4.80. The maximum absolute atomic E-state index is 12.1. The first-order valence-electron chi connectivity index (χ1n) is 6.71. The van der Waals surface area contributed by atoms with Crippen LogP contribution < -0.4 is 5.32 Å². The summed E-state index contributed by atoms with van der Waals surface area (Å²) in [7, 11) is 0. The second kappa shape index (κ2) is 7.86. The molecule has 0 aliphatic carbocycles. The molecule has 1 N–H and O–H groups in total. The molecule has 10 heteroatoms. The molecule has 0 saturated heterocycles. The summed E-state index contributed by atoms with van der Waals surface area (Å²) in [4.78, 5) is 16.3. The fourth-order valence-electron chi connectivity index (χ4n) is 1.80. The van der Waals surface area contributed by atoms with E-state index in [0.29, 0.717) is 15.4 Å². The molecule has 0 aliphatic rings. The van der Waals surface area contributed by atoms with E-state index < -0.39 is 0 Å². The van der Waals surface area contributed by atoms with Gasteiger partial charge in [0.2, 0.25) is 11.1 Å². The molecule has 0 fully saturated rings. The van der Waals surface area contributed by atoms with Gasteiger partial charge in [0, 0.05) is 10.7 Å². The molecule has 0 atom stereocenters. The van der Waals surface area contributed by atoms with E-state index >= 15 is 0 Å². The second-order valence-corrected chi connectivity index (χ2v) is 7.24. The van der Waals surface area contributed by atoms with Gasteiger partial charge in [-0.25, -0.2) is 4.98 Å². The number of carbonyl (C=O) groups is 1. The Balaban J connectivity index is 1.64. The summed E-state index contributed by atoms with van der Waals surface area (Å²) < 4.78 is 3.11. The average molecular weight is 470 g/mol. The average Bonchev–Trinajstić information content (AvgIpc) is 3.05. The van der Waals surface area contributed by atoms with Crippen molar-refractivity contribution in [3.8, 4) is 5.69 Å². The van der Waals surface area contributed by atoms with Crippen LogP contribution in [0.2, 0.25) is 0 Å². The number of tetrazole rings is 1. The molecule has 2 aromatic heterocycles. The molecule has 3 rings (SSSR count). The summed E-state index contributed by atoms with van der Waals surface area (Å²) in [5.41, 5.74) is 0.836. The molecule has 0 unspecified atom stereocenters. The predicted octanol–water partition coefficient (Wildman–Crippen LogP) is 3.31. The van der Waals surface area contributed by atoms with Gasteiger partial charge in [-0.3, -0.25) is 4.79 Å². The highest BCUT2D eigenvalue weighted by atomic mass is 79.9. The van der Waals surface area contributed by atoms with Crippen molar-refractivity contribution in [1.29, 1.82) is 0 Å². The lowest BCUT2D eigenvalue weighted by Crippen LogP contribution is -2.16. The minimum atomic E-state index is -0.196. The summed E-state index contributed by atoms with van der Waals surface area (Å²) in [6.45, 7) is 0. The second-order valence-electron chi connectivity index (χ2n) is 4.53. The lowest BCUT2D eigenvalue weighted by molar-refractivity contribution is -0.113. The first-order chi connectivity index (χ1) is 11.6. The van der Waals surface area contributed by atoms with Crippen molar-refractivity contribution in [1.82, 2.24) is 25.2 Å². The number of pyridine rings is 1.